The van der Waals surface area contributed by atoms with E-state index in [0.717, 1.165) is 12.8 Å². The molecule has 1 atom stereocenters. The Balaban J connectivity index is 1.87. The van der Waals surface area contributed by atoms with E-state index in [9.17, 15) is 9.90 Å². The van der Waals surface area contributed by atoms with E-state index in [4.69, 9.17) is 4.74 Å². The molecule has 1 aliphatic rings. The normalized spacial score (nSPS) is 19.1. The van der Waals surface area contributed by atoms with Gasteiger partial charge in [0.15, 0.2) is 0 Å². The van der Waals surface area contributed by atoms with Gasteiger partial charge >= 0.3 is 0 Å². The first kappa shape index (κ1) is 15.0. The average Bonchev–Trinajstić information content (AvgIpc) is 2.53. The number of hydrogen-bond acceptors (Lipinski definition) is 3. The van der Waals surface area contributed by atoms with Gasteiger partial charge in [-0.3, -0.25) is 4.79 Å². The number of aliphatic hydroxyl groups is 1. The third-order valence-corrected chi connectivity index (χ3v) is 3.82. The monoisotopic (exact) mass is 277 g/mol. The van der Waals surface area contributed by atoms with Crippen LogP contribution in [0.4, 0.5) is 0 Å². The maximum atomic E-state index is 12.2. The van der Waals surface area contributed by atoms with Crippen molar-refractivity contribution in [1.82, 2.24) is 4.90 Å². The van der Waals surface area contributed by atoms with Crippen molar-refractivity contribution in [3.05, 3.63) is 35.4 Å². The number of aliphatic hydroxyl groups excluding tert-OH is 1. The second-order valence-electron chi connectivity index (χ2n) is 5.17. The molecule has 20 heavy (non-hydrogen) atoms. The molecule has 1 N–H and O–H groups in total. The first-order chi connectivity index (χ1) is 9.74. The zero-order valence-corrected chi connectivity index (χ0v) is 12.0. The minimum absolute atomic E-state index is 0.0308. The van der Waals surface area contributed by atoms with Crippen molar-refractivity contribution in [2.24, 2.45) is 0 Å². The lowest BCUT2D eigenvalue weighted by Gasteiger charge is -2.34. The van der Waals surface area contributed by atoms with E-state index in [1.165, 1.54) is 11.1 Å². The standard InChI is InChI=1S/C16H23NO3/c1-2-13-3-5-14(6-4-13)7-8-16(19)17-9-10-20-12-15(17)11-18/h3-6,15,18H,2,7-12H2,1H3. The van der Waals surface area contributed by atoms with Crippen LogP contribution in [0.25, 0.3) is 0 Å². The van der Waals surface area contributed by atoms with E-state index in [0.29, 0.717) is 26.2 Å². The second kappa shape index (κ2) is 7.41. The van der Waals surface area contributed by atoms with Gasteiger partial charge in [0.1, 0.15) is 0 Å². The molecule has 0 aromatic heterocycles. The van der Waals surface area contributed by atoms with Crippen LogP contribution in [-0.4, -0.2) is 48.3 Å². The molecule has 4 nitrogen and oxygen atoms in total. The zero-order chi connectivity index (χ0) is 14.4. The van der Waals surface area contributed by atoms with Crippen molar-refractivity contribution >= 4 is 5.91 Å². The molecule has 1 fully saturated rings. The Labute approximate surface area is 120 Å². The van der Waals surface area contributed by atoms with Crippen molar-refractivity contribution < 1.29 is 14.6 Å². The van der Waals surface area contributed by atoms with Crippen LogP contribution < -0.4 is 0 Å². The molecule has 1 aromatic rings. The smallest absolute Gasteiger partial charge is 0.223 e. The Hall–Kier alpha value is -1.39. The molecule has 1 unspecified atom stereocenters. The Bertz CT molecular complexity index is 430. The van der Waals surface area contributed by atoms with Gasteiger partial charge in [-0.2, -0.15) is 0 Å². The van der Waals surface area contributed by atoms with Crippen molar-refractivity contribution in [2.45, 2.75) is 32.2 Å². The summed E-state index contributed by atoms with van der Waals surface area (Å²) in [4.78, 5) is 14.0. The van der Waals surface area contributed by atoms with Crippen LogP contribution in [0.5, 0.6) is 0 Å². The minimum atomic E-state index is -0.182. The largest absolute Gasteiger partial charge is 0.394 e. The van der Waals surface area contributed by atoms with Crippen LogP contribution in [0.15, 0.2) is 24.3 Å². The highest BCUT2D eigenvalue weighted by Gasteiger charge is 2.26. The Morgan fingerprint density at radius 1 is 1.35 bits per heavy atom. The summed E-state index contributed by atoms with van der Waals surface area (Å²) in [6, 6.07) is 8.23. The van der Waals surface area contributed by atoms with Crippen LogP contribution in [0, 0.1) is 0 Å². The number of carbonyl (C=O) groups is 1. The van der Waals surface area contributed by atoms with E-state index in [1.54, 1.807) is 4.90 Å². The van der Waals surface area contributed by atoms with Crippen molar-refractivity contribution in [1.29, 1.82) is 0 Å². The molecule has 1 saturated heterocycles. The van der Waals surface area contributed by atoms with Crippen LogP contribution >= 0.6 is 0 Å². The maximum Gasteiger partial charge on any atom is 0.223 e. The summed E-state index contributed by atoms with van der Waals surface area (Å²) < 4.78 is 5.29. The molecule has 0 radical (unpaired) electrons. The number of hydrogen-bond donors (Lipinski definition) is 1. The SMILES string of the molecule is CCc1ccc(CCC(=O)N2CCOCC2CO)cc1. The Kier molecular flexibility index (Phi) is 5.56. The number of ether oxygens (including phenoxy) is 1. The molecule has 4 heteroatoms. The van der Waals surface area contributed by atoms with Gasteiger partial charge in [-0.25, -0.2) is 0 Å². The lowest BCUT2D eigenvalue weighted by molar-refractivity contribution is -0.141. The highest BCUT2D eigenvalue weighted by atomic mass is 16.5. The third kappa shape index (κ3) is 3.81. The summed E-state index contributed by atoms with van der Waals surface area (Å²) in [5, 5.41) is 9.28. The van der Waals surface area contributed by atoms with E-state index in [-0.39, 0.29) is 18.6 Å². The summed E-state index contributed by atoms with van der Waals surface area (Å²) >= 11 is 0. The van der Waals surface area contributed by atoms with Crippen LogP contribution in [0.1, 0.15) is 24.5 Å². The van der Waals surface area contributed by atoms with Gasteiger partial charge in [-0.1, -0.05) is 31.2 Å². The fourth-order valence-corrected chi connectivity index (χ4v) is 2.47. The van der Waals surface area contributed by atoms with Crippen molar-refractivity contribution in [2.75, 3.05) is 26.4 Å². The molecule has 110 valence electrons. The molecule has 1 aliphatic heterocycles. The zero-order valence-electron chi connectivity index (χ0n) is 12.0. The number of benzene rings is 1. The highest BCUT2D eigenvalue weighted by Crippen LogP contribution is 2.12. The summed E-state index contributed by atoms with van der Waals surface area (Å²) in [6.07, 6.45) is 2.27. The summed E-state index contributed by atoms with van der Waals surface area (Å²) in [7, 11) is 0. The lowest BCUT2D eigenvalue weighted by Crippen LogP contribution is -2.50. The molecule has 1 amide bonds. The van der Waals surface area contributed by atoms with Gasteiger partial charge < -0.3 is 14.7 Å². The number of nitrogens with zero attached hydrogens (tertiary/aromatic N) is 1. The number of rotatable bonds is 5. The maximum absolute atomic E-state index is 12.2. The molecular weight excluding hydrogens is 254 g/mol. The molecule has 1 aromatic carbocycles. The number of aryl methyl sites for hydroxylation is 2. The van der Waals surface area contributed by atoms with Gasteiger partial charge in [0.05, 0.1) is 25.9 Å². The van der Waals surface area contributed by atoms with Crippen LogP contribution in [-0.2, 0) is 22.4 Å². The Morgan fingerprint density at radius 3 is 2.70 bits per heavy atom. The van der Waals surface area contributed by atoms with Gasteiger partial charge in [-0.15, -0.1) is 0 Å². The minimum Gasteiger partial charge on any atom is -0.394 e. The summed E-state index contributed by atoms with van der Waals surface area (Å²) in [6.45, 7) is 3.68. The molecular formula is C16H23NO3. The van der Waals surface area contributed by atoms with E-state index in [1.807, 2.05) is 0 Å². The van der Waals surface area contributed by atoms with Gasteiger partial charge in [0, 0.05) is 13.0 Å². The fraction of sp³-hybridized carbons (Fsp3) is 0.562. The second-order valence-corrected chi connectivity index (χ2v) is 5.17. The number of morpholine rings is 1. The third-order valence-electron chi connectivity index (χ3n) is 3.82. The van der Waals surface area contributed by atoms with Gasteiger partial charge in [0.2, 0.25) is 5.91 Å². The highest BCUT2D eigenvalue weighted by molar-refractivity contribution is 5.77. The van der Waals surface area contributed by atoms with Crippen molar-refractivity contribution in [3.8, 4) is 0 Å². The van der Waals surface area contributed by atoms with E-state index < -0.39 is 0 Å². The molecule has 2 rings (SSSR count). The fourth-order valence-electron chi connectivity index (χ4n) is 2.47. The predicted octanol–water partition coefficient (Wildman–Crippen LogP) is 1.40. The first-order valence-corrected chi connectivity index (χ1v) is 7.30. The molecule has 0 spiro atoms. The van der Waals surface area contributed by atoms with Crippen LogP contribution in [0.3, 0.4) is 0 Å². The van der Waals surface area contributed by atoms with E-state index >= 15 is 0 Å². The van der Waals surface area contributed by atoms with E-state index in [2.05, 4.69) is 31.2 Å². The quantitative estimate of drug-likeness (QED) is 0.885. The number of amides is 1. The van der Waals surface area contributed by atoms with Crippen LogP contribution in [0.2, 0.25) is 0 Å². The topological polar surface area (TPSA) is 49.8 Å². The summed E-state index contributed by atoms with van der Waals surface area (Å²) in [5.41, 5.74) is 2.50. The average molecular weight is 277 g/mol. The van der Waals surface area contributed by atoms with Gasteiger partial charge in [-0.05, 0) is 24.0 Å². The molecule has 0 aliphatic carbocycles. The van der Waals surface area contributed by atoms with Gasteiger partial charge in [0.25, 0.3) is 0 Å². The first-order valence-electron chi connectivity index (χ1n) is 7.30. The molecule has 0 bridgehead atoms. The van der Waals surface area contributed by atoms with Crippen molar-refractivity contribution in [3.63, 3.8) is 0 Å². The number of carbonyl (C=O) groups excluding carboxylic acids is 1. The Morgan fingerprint density at radius 2 is 2.05 bits per heavy atom. The summed E-state index contributed by atoms with van der Waals surface area (Å²) in [5.74, 6) is 0.104. The predicted molar refractivity (Wildman–Crippen MR) is 77.5 cm³/mol. The lowest BCUT2D eigenvalue weighted by atomic mass is 10.1. The molecule has 0 saturated carbocycles. The molecule has 1 heterocycles.